The smallest absolute Gasteiger partial charge is 0.339 e. The number of rotatable bonds is 10. The van der Waals surface area contributed by atoms with Crippen molar-refractivity contribution in [3.05, 3.63) is 170 Å². The molecule has 356 valence electrons. The van der Waals surface area contributed by atoms with Gasteiger partial charge in [0.15, 0.2) is 12.2 Å². The van der Waals surface area contributed by atoms with E-state index in [1.54, 1.807) is 6.07 Å². The van der Waals surface area contributed by atoms with Gasteiger partial charge >= 0.3 is 17.6 Å². The van der Waals surface area contributed by atoms with Gasteiger partial charge in [0.25, 0.3) is 0 Å². The van der Waals surface area contributed by atoms with E-state index in [0.29, 0.717) is 41.5 Å². The van der Waals surface area contributed by atoms with Crippen molar-refractivity contribution < 1.29 is 43.2 Å². The maximum absolute atomic E-state index is 15.1. The number of ether oxygens (including phenoxy) is 4. The molecule has 5 aromatic rings. The van der Waals surface area contributed by atoms with Gasteiger partial charge in [-0.1, -0.05) is 116 Å². The Balaban J connectivity index is 1.15. The summed E-state index contributed by atoms with van der Waals surface area (Å²) in [6.45, 7) is 5.06. The van der Waals surface area contributed by atoms with Crippen LogP contribution in [0.5, 0.6) is 5.75 Å². The minimum absolute atomic E-state index is 0.00656. The molecule has 0 spiro atoms. The van der Waals surface area contributed by atoms with Crippen LogP contribution in [0.25, 0.3) is 11.0 Å². The first-order valence-corrected chi connectivity index (χ1v) is 24.6. The summed E-state index contributed by atoms with van der Waals surface area (Å²) in [6, 6.07) is 33.1. The Morgan fingerprint density at radius 3 is 2.35 bits per heavy atom. The zero-order chi connectivity index (χ0) is 47.4. The van der Waals surface area contributed by atoms with Crippen molar-refractivity contribution in [2.75, 3.05) is 20.0 Å². The van der Waals surface area contributed by atoms with Gasteiger partial charge in [0, 0.05) is 53.2 Å². The van der Waals surface area contributed by atoms with E-state index in [4.69, 9.17) is 23.4 Å². The first-order valence-electron chi connectivity index (χ1n) is 24.6. The van der Waals surface area contributed by atoms with Crippen molar-refractivity contribution in [3.8, 4) is 5.75 Å². The second-order valence-electron chi connectivity index (χ2n) is 19.8. The molecule has 4 heterocycles. The van der Waals surface area contributed by atoms with Crippen LogP contribution in [0, 0.1) is 11.8 Å². The molecule has 2 N–H and O–H groups in total. The lowest BCUT2D eigenvalue weighted by Gasteiger charge is -2.50. The number of aliphatic hydroxyl groups is 2. The Hall–Kier alpha value is -5.81. The molecule has 68 heavy (non-hydrogen) atoms. The summed E-state index contributed by atoms with van der Waals surface area (Å²) in [5, 5.41) is 19.9. The number of allylic oxidation sites excluding steroid dienone is 3. The third-order valence-electron chi connectivity index (χ3n) is 15.2. The first-order chi connectivity index (χ1) is 33.0. The average Bonchev–Trinajstić information content (AvgIpc) is 3.34. The zero-order valence-electron chi connectivity index (χ0n) is 39.5. The number of hydrogen-bond donors (Lipinski definition) is 2. The van der Waals surface area contributed by atoms with Gasteiger partial charge in [0.2, 0.25) is 0 Å². The third kappa shape index (κ3) is 10.0. The number of aliphatic hydroxyl groups excluding tert-OH is 2. The Morgan fingerprint density at radius 2 is 1.60 bits per heavy atom. The van der Waals surface area contributed by atoms with E-state index in [2.05, 4.69) is 84.9 Å². The van der Waals surface area contributed by atoms with Crippen LogP contribution in [0.2, 0.25) is 0 Å². The first kappa shape index (κ1) is 47.3. The number of hydrogen-bond acceptors (Lipinski definition) is 10. The second-order valence-corrected chi connectivity index (χ2v) is 19.8. The van der Waals surface area contributed by atoms with E-state index in [0.717, 1.165) is 55.2 Å². The molecule has 2 bridgehead atoms. The fourth-order valence-corrected chi connectivity index (χ4v) is 11.5. The lowest BCUT2D eigenvalue weighted by atomic mass is 9.71. The van der Waals surface area contributed by atoms with Gasteiger partial charge in [-0.3, -0.25) is 4.79 Å². The fraction of sp³-hybridized carbons (Fsp3) is 0.431. The van der Waals surface area contributed by atoms with E-state index in [1.807, 2.05) is 39.0 Å². The molecule has 0 amide bonds. The number of carbonyl (C=O) groups is 2. The second kappa shape index (κ2) is 20.8. The lowest BCUT2D eigenvalue weighted by molar-refractivity contribution is -0.201. The van der Waals surface area contributed by atoms with Crippen LogP contribution in [0.15, 0.2) is 130 Å². The number of aryl methyl sites for hydroxylation is 1. The summed E-state index contributed by atoms with van der Waals surface area (Å²) >= 11 is 0. The summed E-state index contributed by atoms with van der Waals surface area (Å²) in [5.41, 5.74) is 6.25. The van der Waals surface area contributed by atoms with E-state index in [1.165, 1.54) is 16.7 Å². The van der Waals surface area contributed by atoms with Gasteiger partial charge in [-0.25, -0.2) is 9.59 Å². The summed E-state index contributed by atoms with van der Waals surface area (Å²) < 4.78 is 32.3. The molecule has 2 aliphatic carbocycles. The maximum Gasteiger partial charge on any atom is 0.339 e. The highest BCUT2D eigenvalue weighted by Gasteiger charge is 2.56. The number of esters is 2. The molecule has 5 aliphatic rings. The minimum atomic E-state index is -1.20. The number of benzene rings is 4. The monoisotopic (exact) mass is 920 g/mol. The molecule has 0 radical (unpaired) electrons. The van der Waals surface area contributed by atoms with Gasteiger partial charge in [-0.2, -0.15) is 0 Å². The summed E-state index contributed by atoms with van der Waals surface area (Å²) in [5.74, 6) is -1.31. The SMILES string of the molecule is CC(C)=C1CCc2ccc(cc2)C2C=CC(c3cccc(Cc4ccccc4)c3)CC2CC(=O)OC2c3c(ccc4cc(C(CCO)COCO)c(=O)oc34)OC(C)(C3CCCCC3)C2OC1=O. The van der Waals surface area contributed by atoms with Crippen molar-refractivity contribution in [1.29, 1.82) is 0 Å². The Bertz CT molecular complexity index is 2710. The highest BCUT2D eigenvalue weighted by Crippen LogP contribution is 2.52. The Labute approximate surface area is 399 Å². The molecule has 10 heteroatoms. The normalized spacial score (nSPS) is 24.8. The van der Waals surface area contributed by atoms with Crippen LogP contribution in [-0.4, -0.2) is 53.9 Å². The maximum atomic E-state index is 15.1. The quantitative estimate of drug-likeness (QED) is 0.0457. The molecule has 4 aromatic carbocycles. The minimum Gasteiger partial charge on any atom is -0.483 e. The van der Waals surface area contributed by atoms with E-state index in [9.17, 15) is 19.8 Å². The predicted molar refractivity (Wildman–Crippen MR) is 260 cm³/mol. The molecular weight excluding hydrogens is 857 g/mol. The summed E-state index contributed by atoms with van der Waals surface area (Å²) in [6.07, 6.45) is 9.87. The van der Waals surface area contributed by atoms with Crippen molar-refractivity contribution in [2.24, 2.45) is 11.8 Å². The van der Waals surface area contributed by atoms with Gasteiger partial charge in [0.1, 0.15) is 23.7 Å². The van der Waals surface area contributed by atoms with Gasteiger partial charge in [-0.05, 0) is 118 Å². The van der Waals surface area contributed by atoms with Crippen LogP contribution < -0.4 is 10.4 Å². The van der Waals surface area contributed by atoms with E-state index < -0.39 is 48.1 Å². The van der Waals surface area contributed by atoms with Gasteiger partial charge < -0.3 is 33.6 Å². The molecule has 7 unspecified atom stereocenters. The Morgan fingerprint density at radius 1 is 0.824 bits per heavy atom. The van der Waals surface area contributed by atoms with E-state index in [-0.39, 0.29) is 60.9 Å². The number of fused-ring (bicyclic) bond motifs is 11. The molecule has 1 fully saturated rings. The van der Waals surface area contributed by atoms with E-state index >= 15 is 4.79 Å². The lowest BCUT2D eigenvalue weighted by Crippen LogP contribution is -2.58. The predicted octanol–water partition coefficient (Wildman–Crippen LogP) is 10.9. The fourth-order valence-electron chi connectivity index (χ4n) is 11.5. The summed E-state index contributed by atoms with van der Waals surface area (Å²) in [7, 11) is 0. The highest BCUT2D eigenvalue weighted by molar-refractivity contribution is 5.90. The summed E-state index contributed by atoms with van der Waals surface area (Å²) in [4.78, 5) is 44.0. The van der Waals surface area contributed by atoms with Crippen LogP contribution in [0.4, 0.5) is 0 Å². The van der Waals surface area contributed by atoms with Crippen molar-refractivity contribution >= 4 is 22.9 Å². The third-order valence-corrected chi connectivity index (χ3v) is 15.2. The van der Waals surface area contributed by atoms with Crippen molar-refractivity contribution in [2.45, 2.75) is 127 Å². The topological polar surface area (TPSA) is 142 Å². The highest BCUT2D eigenvalue weighted by atomic mass is 16.6. The molecule has 1 saturated carbocycles. The molecule has 7 atom stereocenters. The van der Waals surface area contributed by atoms with Gasteiger partial charge in [-0.15, -0.1) is 0 Å². The van der Waals surface area contributed by atoms with Crippen LogP contribution in [0.1, 0.15) is 141 Å². The van der Waals surface area contributed by atoms with Crippen molar-refractivity contribution in [3.63, 3.8) is 0 Å². The molecular formula is C58H64O10. The standard InChI is InChI=1S/C58H64O10/c1-36(2)47-24-19-37-17-20-40(21-18-37)48-25-22-42(41-14-10-13-39(30-41)29-38-11-6-4-7-12-38)31-45(48)33-51(61)65-54-52-50(68-58(3,55(54)67-56(47)62)46-15-8-5-9-16-46)26-23-43-32-49(57(63)66-53(43)52)44(27-28-59)34-64-35-60/h4,6-7,10-14,17-18,20-23,25-26,30,32,42,44-46,48,54-55,59-60H,5,8-9,15-16,19,24,27-29,31,33-35H2,1-3H3. The van der Waals surface area contributed by atoms with Gasteiger partial charge in [0.05, 0.1) is 12.2 Å². The molecule has 3 aliphatic heterocycles. The molecule has 1 aromatic heterocycles. The number of carbonyl (C=O) groups excluding carboxylic acids is 2. The van der Waals surface area contributed by atoms with Crippen LogP contribution in [0.3, 0.4) is 0 Å². The van der Waals surface area contributed by atoms with Crippen LogP contribution in [-0.2, 0) is 36.6 Å². The Kier molecular flexibility index (Phi) is 14.5. The largest absolute Gasteiger partial charge is 0.483 e. The van der Waals surface area contributed by atoms with Crippen molar-refractivity contribution in [1.82, 2.24) is 0 Å². The molecule has 0 saturated heterocycles. The molecule has 10 nitrogen and oxygen atoms in total. The average molecular weight is 921 g/mol. The zero-order valence-corrected chi connectivity index (χ0v) is 39.5. The van der Waals surface area contributed by atoms with Crippen LogP contribution >= 0.6 is 0 Å². The molecule has 10 rings (SSSR count).